The summed E-state index contributed by atoms with van der Waals surface area (Å²) in [5.74, 6) is -0.234. The van der Waals surface area contributed by atoms with E-state index in [2.05, 4.69) is 36.5 Å². The van der Waals surface area contributed by atoms with Crippen LogP contribution in [-0.2, 0) is 16.0 Å². The molecular formula is C22H26N2O2. The quantitative estimate of drug-likeness (QED) is 0.777. The van der Waals surface area contributed by atoms with E-state index < -0.39 is 0 Å². The molecule has 1 heterocycles. The predicted octanol–water partition coefficient (Wildman–Crippen LogP) is 3.49. The van der Waals surface area contributed by atoms with Crippen LogP contribution in [0.1, 0.15) is 30.4 Å². The van der Waals surface area contributed by atoms with Crippen LogP contribution < -0.4 is 10.2 Å². The van der Waals surface area contributed by atoms with Gasteiger partial charge < -0.3 is 10.2 Å². The van der Waals surface area contributed by atoms with Gasteiger partial charge in [0.05, 0.1) is 5.92 Å². The summed E-state index contributed by atoms with van der Waals surface area (Å²) in [4.78, 5) is 26.3. The highest BCUT2D eigenvalue weighted by Gasteiger charge is 2.34. The number of unbranched alkanes of at least 4 members (excludes halogenated alkanes) is 1. The molecule has 4 nitrogen and oxygen atoms in total. The number of hydrogen-bond donors (Lipinski definition) is 1. The van der Waals surface area contributed by atoms with Crippen molar-refractivity contribution < 1.29 is 9.59 Å². The lowest BCUT2D eigenvalue weighted by molar-refractivity contribution is -0.126. The smallest absolute Gasteiger partial charge is 0.227 e. The van der Waals surface area contributed by atoms with Crippen molar-refractivity contribution in [2.45, 2.75) is 32.6 Å². The molecule has 1 fully saturated rings. The molecule has 2 aromatic carbocycles. The first-order chi connectivity index (χ1) is 12.6. The summed E-state index contributed by atoms with van der Waals surface area (Å²) in [5, 5.41) is 2.99. The number of nitrogens with one attached hydrogen (secondary N) is 1. The molecular weight excluding hydrogens is 324 g/mol. The molecule has 0 radical (unpaired) electrons. The molecule has 0 bridgehead atoms. The van der Waals surface area contributed by atoms with Crippen LogP contribution in [-0.4, -0.2) is 24.9 Å². The van der Waals surface area contributed by atoms with Gasteiger partial charge in [-0.3, -0.25) is 9.59 Å². The molecule has 1 aliphatic rings. The Bertz CT molecular complexity index is 740. The van der Waals surface area contributed by atoms with Gasteiger partial charge in [-0.15, -0.1) is 0 Å². The lowest BCUT2D eigenvalue weighted by Gasteiger charge is -2.16. The van der Waals surface area contributed by atoms with Gasteiger partial charge in [-0.1, -0.05) is 48.0 Å². The molecule has 0 aliphatic carbocycles. The molecule has 0 spiro atoms. The van der Waals surface area contributed by atoms with Gasteiger partial charge in [-0.05, 0) is 43.9 Å². The summed E-state index contributed by atoms with van der Waals surface area (Å²) in [5.41, 5.74) is 3.48. The van der Waals surface area contributed by atoms with Crippen molar-refractivity contribution in [2.24, 2.45) is 5.92 Å². The van der Waals surface area contributed by atoms with Crippen LogP contribution in [0.15, 0.2) is 54.6 Å². The van der Waals surface area contributed by atoms with Crippen LogP contribution >= 0.6 is 0 Å². The molecule has 2 aromatic rings. The zero-order valence-corrected chi connectivity index (χ0v) is 15.3. The van der Waals surface area contributed by atoms with E-state index in [0.29, 0.717) is 19.5 Å². The number of rotatable bonds is 7. The van der Waals surface area contributed by atoms with E-state index >= 15 is 0 Å². The largest absolute Gasteiger partial charge is 0.356 e. The zero-order chi connectivity index (χ0) is 18.4. The van der Waals surface area contributed by atoms with Crippen molar-refractivity contribution in [2.75, 3.05) is 18.0 Å². The second kappa shape index (κ2) is 8.65. The van der Waals surface area contributed by atoms with Crippen molar-refractivity contribution in [3.63, 3.8) is 0 Å². The third-order valence-electron chi connectivity index (χ3n) is 4.88. The van der Waals surface area contributed by atoms with Gasteiger partial charge in [0.15, 0.2) is 0 Å². The Hall–Kier alpha value is -2.62. The van der Waals surface area contributed by atoms with Crippen molar-refractivity contribution in [3.8, 4) is 0 Å². The Labute approximate surface area is 155 Å². The maximum absolute atomic E-state index is 12.3. The van der Waals surface area contributed by atoms with E-state index in [1.165, 1.54) is 11.1 Å². The summed E-state index contributed by atoms with van der Waals surface area (Å²) in [6.45, 7) is 3.23. The number of para-hydroxylation sites is 1. The second-order valence-electron chi connectivity index (χ2n) is 6.97. The number of nitrogens with zero attached hydrogens (tertiary/aromatic N) is 1. The zero-order valence-electron chi connectivity index (χ0n) is 15.3. The first-order valence-electron chi connectivity index (χ1n) is 9.32. The highest BCUT2D eigenvalue weighted by molar-refractivity contribution is 6.00. The minimum absolute atomic E-state index is 0.00730. The van der Waals surface area contributed by atoms with Crippen molar-refractivity contribution in [1.29, 1.82) is 0 Å². The maximum Gasteiger partial charge on any atom is 0.227 e. The molecule has 136 valence electrons. The fourth-order valence-electron chi connectivity index (χ4n) is 3.31. The summed E-state index contributed by atoms with van der Waals surface area (Å²) in [7, 11) is 0. The highest BCUT2D eigenvalue weighted by Crippen LogP contribution is 2.24. The van der Waals surface area contributed by atoms with Crippen LogP contribution in [0.3, 0.4) is 0 Å². The van der Waals surface area contributed by atoms with E-state index in [1.807, 2.05) is 30.3 Å². The summed E-state index contributed by atoms with van der Waals surface area (Å²) in [6.07, 6.45) is 3.32. The van der Waals surface area contributed by atoms with Crippen LogP contribution in [0.5, 0.6) is 0 Å². The number of carbonyl (C=O) groups excluding carboxylic acids is 2. The second-order valence-corrected chi connectivity index (χ2v) is 6.97. The van der Waals surface area contributed by atoms with E-state index in [1.54, 1.807) is 4.90 Å². The van der Waals surface area contributed by atoms with E-state index in [-0.39, 0.29) is 17.7 Å². The Morgan fingerprint density at radius 2 is 1.81 bits per heavy atom. The molecule has 0 aromatic heterocycles. The van der Waals surface area contributed by atoms with Gasteiger partial charge >= 0.3 is 0 Å². The van der Waals surface area contributed by atoms with Gasteiger partial charge in [0.25, 0.3) is 0 Å². The Kier molecular flexibility index (Phi) is 6.05. The van der Waals surface area contributed by atoms with Gasteiger partial charge in [-0.2, -0.15) is 0 Å². The predicted molar refractivity (Wildman–Crippen MR) is 104 cm³/mol. The van der Waals surface area contributed by atoms with Crippen LogP contribution in [0.2, 0.25) is 0 Å². The minimum atomic E-state index is -0.250. The molecule has 1 saturated heterocycles. The molecule has 3 rings (SSSR count). The Balaban J connectivity index is 1.39. The number of aryl methyl sites for hydroxylation is 2. The van der Waals surface area contributed by atoms with Crippen molar-refractivity contribution in [3.05, 3.63) is 65.7 Å². The van der Waals surface area contributed by atoms with Crippen LogP contribution in [0.4, 0.5) is 5.69 Å². The van der Waals surface area contributed by atoms with Gasteiger partial charge in [0.2, 0.25) is 11.8 Å². The monoisotopic (exact) mass is 350 g/mol. The summed E-state index contributed by atoms with van der Waals surface area (Å²) < 4.78 is 0. The standard InChI is InChI=1S/C22H26N2O2/c1-17-10-12-18(13-11-17)7-5-6-14-23-22(26)19-15-21(25)24(16-19)20-8-3-2-4-9-20/h2-4,8-13,19H,5-7,14-16H2,1H3,(H,23,26). The number of anilines is 1. The van der Waals surface area contributed by atoms with Crippen LogP contribution in [0, 0.1) is 12.8 Å². The molecule has 1 N–H and O–H groups in total. The lowest BCUT2D eigenvalue weighted by Crippen LogP contribution is -2.33. The lowest BCUT2D eigenvalue weighted by atomic mass is 10.1. The SMILES string of the molecule is Cc1ccc(CCCCNC(=O)C2CC(=O)N(c3ccccc3)C2)cc1. The maximum atomic E-state index is 12.3. The first-order valence-corrected chi connectivity index (χ1v) is 9.32. The number of amides is 2. The Morgan fingerprint density at radius 1 is 1.08 bits per heavy atom. The average molecular weight is 350 g/mol. The fraction of sp³-hybridized carbons (Fsp3) is 0.364. The highest BCUT2D eigenvalue weighted by atomic mass is 16.2. The van der Waals surface area contributed by atoms with E-state index in [9.17, 15) is 9.59 Å². The average Bonchev–Trinajstić information content (AvgIpc) is 3.05. The van der Waals surface area contributed by atoms with Gasteiger partial charge in [0, 0.05) is 25.2 Å². The number of benzene rings is 2. The molecule has 1 unspecified atom stereocenters. The number of carbonyl (C=O) groups is 2. The molecule has 4 heteroatoms. The van der Waals surface area contributed by atoms with E-state index in [4.69, 9.17) is 0 Å². The summed E-state index contributed by atoms with van der Waals surface area (Å²) >= 11 is 0. The summed E-state index contributed by atoms with van der Waals surface area (Å²) in [6, 6.07) is 18.1. The normalized spacial score (nSPS) is 16.7. The minimum Gasteiger partial charge on any atom is -0.356 e. The van der Waals surface area contributed by atoms with E-state index in [0.717, 1.165) is 24.9 Å². The molecule has 1 aliphatic heterocycles. The van der Waals surface area contributed by atoms with Crippen molar-refractivity contribution in [1.82, 2.24) is 5.32 Å². The molecule has 26 heavy (non-hydrogen) atoms. The molecule has 2 amide bonds. The number of hydrogen-bond acceptors (Lipinski definition) is 2. The fourth-order valence-corrected chi connectivity index (χ4v) is 3.31. The molecule has 0 saturated carbocycles. The third kappa shape index (κ3) is 4.72. The van der Waals surface area contributed by atoms with Gasteiger partial charge in [0.1, 0.15) is 0 Å². The Morgan fingerprint density at radius 3 is 2.54 bits per heavy atom. The first kappa shape index (κ1) is 18.2. The van der Waals surface area contributed by atoms with Crippen LogP contribution in [0.25, 0.3) is 0 Å². The third-order valence-corrected chi connectivity index (χ3v) is 4.88. The van der Waals surface area contributed by atoms with Gasteiger partial charge in [-0.25, -0.2) is 0 Å². The van der Waals surface area contributed by atoms with Crippen molar-refractivity contribution >= 4 is 17.5 Å². The topological polar surface area (TPSA) is 49.4 Å². The molecule has 1 atom stereocenters.